The summed E-state index contributed by atoms with van der Waals surface area (Å²) < 4.78 is 5.75. The van der Waals surface area contributed by atoms with Crippen LogP contribution in [0.25, 0.3) is 0 Å². The van der Waals surface area contributed by atoms with E-state index in [-0.39, 0.29) is 5.91 Å². The lowest BCUT2D eigenvalue weighted by Crippen LogP contribution is -2.42. The maximum absolute atomic E-state index is 12.4. The van der Waals surface area contributed by atoms with Gasteiger partial charge in [-0.25, -0.2) is 0 Å². The van der Waals surface area contributed by atoms with Crippen molar-refractivity contribution < 1.29 is 9.53 Å². The van der Waals surface area contributed by atoms with Crippen LogP contribution in [0, 0.1) is 0 Å². The van der Waals surface area contributed by atoms with E-state index >= 15 is 0 Å². The van der Waals surface area contributed by atoms with E-state index in [2.05, 4.69) is 22.4 Å². The Morgan fingerprint density at radius 3 is 2.65 bits per heavy atom. The fraction of sp³-hybridized carbons (Fsp3) is 0.438. The molecule has 1 aromatic heterocycles. The first-order valence-corrected chi connectivity index (χ1v) is 8.68. The summed E-state index contributed by atoms with van der Waals surface area (Å²) in [5.74, 6) is 0.307. The number of rotatable bonds is 7. The Morgan fingerprint density at radius 2 is 2.00 bits per heavy atom. The summed E-state index contributed by atoms with van der Waals surface area (Å²) in [4.78, 5) is 12.4. The van der Waals surface area contributed by atoms with Crippen LogP contribution in [-0.2, 0) is 11.2 Å². The van der Waals surface area contributed by atoms with Crippen LogP contribution in [0.1, 0.15) is 38.6 Å². The number of halogens is 1. The van der Waals surface area contributed by atoms with Crippen LogP contribution in [0.4, 0.5) is 5.13 Å². The van der Waals surface area contributed by atoms with Gasteiger partial charge in [-0.15, -0.1) is 10.2 Å². The van der Waals surface area contributed by atoms with Crippen molar-refractivity contribution in [3.8, 4) is 5.75 Å². The maximum Gasteiger partial charge on any atom is 0.269 e. The first-order chi connectivity index (χ1) is 10.9. The minimum atomic E-state index is -1.04. The summed E-state index contributed by atoms with van der Waals surface area (Å²) in [6.07, 6.45) is 3.05. The molecule has 1 amide bonds. The van der Waals surface area contributed by atoms with Gasteiger partial charge in [-0.3, -0.25) is 10.1 Å². The van der Waals surface area contributed by atoms with Gasteiger partial charge >= 0.3 is 0 Å². The zero-order valence-corrected chi connectivity index (χ0v) is 15.0. The van der Waals surface area contributed by atoms with E-state index in [1.807, 2.05) is 0 Å². The highest BCUT2D eigenvalue weighted by atomic mass is 35.5. The lowest BCUT2D eigenvalue weighted by Gasteiger charge is -2.24. The Bertz CT molecular complexity index is 656. The third-order valence-corrected chi connectivity index (χ3v) is 4.32. The number of benzene rings is 1. The largest absolute Gasteiger partial charge is 0.478 e. The molecule has 0 aliphatic rings. The summed E-state index contributed by atoms with van der Waals surface area (Å²) >= 11 is 7.24. The molecule has 0 bridgehead atoms. The summed E-state index contributed by atoms with van der Waals surface area (Å²) in [5.41, 5.74) is -1.04. The molecule has 7 heteroatoms. The lowest BCUT2D eigenvalue weighted by atomic mass is 10.1. The highest BCUT2D eigenvalue weighted by molar-refractivity contribution is 7.15. The maximum atomic E-state index is 12.4. The smallest absolute Gasteiger partial charge is 0.269 e. The van der Waals surface area contributed by atoms with E-state index in [1.54, 1.807) is 38.1 Å². The monoisotopic (exact) mass is 353 g/mol. The minimum Gasteiger partial charge on any atom is -0.478 e. The van der Waals surface area contributed by atoms with Gasteiger partial charge in [-0.2, -0.15) is 0 Å². The SMILES string of the molecule is CCCCc1nnc(NC(=O)C(C)(C)Oc2ccc(Cl)cc2)s1. The molecular formula is C16H20ClN3O2S. The van der Waals surface area contributed by atoms with E-state index in [0.29, 0.717) is 15.9 Å². The average Bonchev–Trinajstić information content (AvgIpc) is 2.95. The molecule has 1 heterocycles. The Balaban J connectivity index is 1.97. The van der Waals surface area contributed by atoms with Crippen LogP contribution in [0.15, 0.2) is 24.3 Å². The number of ether oxygens (including phenoxy) is 1. The zero-order valence-electron chi connectivity index (χ0n) is 13.4. The normalized spacial score (nSPS) is 11.3. The zero-order chi connectivity index (χ0) is 16.9. The molecule has 0 radical (unpaired) electrons. The molecule has 1 N–H and O–H groups in total. The van der Waals surface area contributed by atoms with E-state index in [4.69, 9.17) is 16.3 Å². The number of anilines is 1. The Hall–Kier alpha value is -1.66. The predicted octanol–water partition coefficient (Wildman–Crippen LogP) is 4.33. The van der Waals surface area contributed by atoms with Gasteiger partial charge in [-0.1, -0.05) is 36.3 Å². The van der Waals surface area contributed by atoms with Crippen LogP contribution < -0.4 is 10.1 Å². The predicted molar refractivity (Wildman–Crippen MR) is 93.3 cm³/mol. The van der Waals surface area contributed by atoms with Crippen molar-refractivity contribution in [1.29, 1.82) is 0 Å². The number of hydrogen-bond acceptors (Lipinski definition) is 5. The summed E-state index contributed by atoms with van der Waals surface area (Å²) in [5, 5.41) is 12.9. The molecule has 2 rings (SSSR count). The third-order valence-electron chi connectivity index (χ3n) is 3.16. The van der Waals surface area contributed by atoms with Crippen LogP contribution in [0.5, 0.6) is 5.75 Å². The molecular weight excluding hydrogens is 334 g/mol. The molecule has 0 saturated heterocycles. The average molecular weight is 354 g/mol. The number of nitrogens with zero attached hydrogens (tertiary/aromatic N) is 2. The van der Waals surface area contributed by atoms with Crippen molar-refractivity contribution >= 4 is 34.0 Å². The molecule has 0 unspecified atom stereocenters. The van der Waals surface area contributed by atoms with Crippen molar-refractivity contribution in [2.75, 3.05) is 5.32 Å². The van der Waals surface area contributed by atoms with E-state index in [1.165, 1.54) is 11.3 Å². The van der Waals surface area contributed by atoms with Gasteiger partial charge in [0.2, 0.25) is 5.13 Å². The molecule has 0 atom stereocenters. The molecule has 0 spiro atoms. The quantitative estimate of drug-likeness (QED) is 0.804. The number of unbranched alkanes of at least 4 members (excludes halogenated alkanes) is 1. The fourth-order valence-electron chi connectivity index (χ4n) is 1.82. The Morgan fingerprint density at radius 1 is 1.30 bits per heavy atom. The molecule has 0 aliphatic carbocycles. The highest BCUT2D eigenvalue weighted by Crippen LogP contribution is 2.23. The topological polar surface area (TPSA) is 64.1 Å². The first-order valence-electron chi connectivity index (χ1n) is 7.49. The molecule has 5 nitrogen and oxygen atoms in total. The van der Waals surface area contributed by atoms with Gasteiger partial charge < -0.3 is 4.74 Å². The third kappa shape index (κ3) is 5.18. The summed E-state index contributed by atoms with van der Waals surface area (Å²) in [7, 11) is 0. The van der Waals surface area contributed by atoms with Gasteiger partial charge in [0, 0.05) is 11.4 Å². The van der Waals surface area contributed by atoms with E-state index in [9.17, 15) is 4.79 Å². The number of carbonyl (C=O) groups is 1. The molecule has 23 heavy (non-hydrogen) atoms. The molecule has 1 aromatic carbocycles. The molecule has 0 aliphatic heterocycles. The van der Waals surface area contributed by atoms with Crippen molar-refractivity contribution in [3.05, 3.63) is 34.3 Å². The number of amides is 1. The number of aromatic nitrogens is 2. The van der Waals surface area contributed by atoms with Crippen LogP contribution in [-0.4, -0.2) is 21.7 Å². The number of aryl methyl sites for hydroxylation is 1. The second-order valence-electron chi connectivity index (χ2n) is 5.62. The van der Waals surface area contributed by atoms with Crippen molar-refractivity contribution in [1.82, 2.24) is 10.2 Å². The van der Waals surface area contributed by atoms with Gasteiger partial charge in [0.1, 0.15) is 10.8 Å². The molecule has 124 valence electrons. The lowest BCUT2D eigenvalue weighted by molar-refractivity contribution is -0.128. The number of nitrogens with one attached hydrogen (secondary N) is 1. The first kappa shape index (κ1) is 17.7. The second-order valence-corrected chi connectivity index (χ2v) is 7.12. The van der Waals surface area contributed by atoms with Crippen molar-refractivity contribution in [3.63, 3.8) is 0 Å². The van der Waals surface area contributed by atoms with E-state index < -0.39 is 5.60 Å². The van der Waals surface area contributed by atoms with Gasteiger partial charge in [0.05, 0.1) is 0 Å². The second kappa shape index (κ2) is 7.75. The Kier molecular flexibility index (Phi) is 5.96. The number of hydrogen-bond donors (Lipinski definition) is 1. The number of carbonyl (C=O) groups excluding carboxylic acids is 1. The van der Waals surface area contributed by atoms with E-state index in [0.717, 1.165) is 24.3 Å². The summed E-state index contributed by atoms with van der Waals surface area (Å²) in [6, 6.07) is 6.89. The van der Waals surface area contributed by atoms with Gasteiger partial charge in [0.15, 0.2) is 5.60 Å². The molecule has 2 aromatic rings. The Labute approximate surface area is 145 Å². The van der Waals surface area contributed by atoms with Crippen molar-refractivity contribution in [2.45, 2.75) is 45.6 Å². The van der Waals surface area contributed by atoms with Crippen molar-refractivity contribution in [2.24, 2.45) is 0 Å². The molecule has 0 fully saturated rings. The van der Waals surface area contributed by atoms with Crippen LogP contribution in [0.3, 0.4) is 0 Å². The van der Waals surface area contributed by atoms with Gasteiger partial charge in [0.25, 0.3) is 5.91 Å². The highest BCUT2D eigenvalue weighted by Gasteiger charge is 2.30. The summed E-state index contributed by atoms with van der Waals surface area (Å²) in [6.45, 7) is 5.53. The molecule has 0 saturated carbocycles. The van der Waals surface area contributed by atoms with Gasteiger partial charge in [-0.05, 0) is 44.5 Å². The standard InChI is InChI=1S/C16H20ClN3O2S/c1-4-5-6-13-19-20-15(23-13)18-14(21)16(2,3)22-12-9-7-11(17)8-10-12/h7-10H,4-6H2,1-3H3,(H,18,20,21). The minimum absolute atomic E-state index is 0.273. The fourth-order valence-corrected chi connectivity index (χ4v) is 2.73. The van der Waals surface area contributed by atoms with Crippen LogP contribution in [0.2, 0.25) is 5.02 Å². The van der Waals surface area contributed by atoms with Crippen LogP contribution >= 0.6 is 22.9 Å².